The molecule has 3 radical (unpaired) electrons. The quantitative estimate of drug-likeness (QED) is 0.121. The third-order valence-electron chi connectivity index (χ3n) is 6.95. The summed E-state index contributed by atoms with van der Waals surface area (Å²) in [5, 5.41) is 25.1. The van der Waals surface area contributed by atoms with Crippen molar-refractivity contribution < 1.29 is 55.6 Å². The number of aliphatic hydroxyl groups is 2. The van der Waals surface area contributed by atoms with E-state index >= 15 is 0 Å². The minimum Gasteiger partial charge on any atom is -1.00 e. The van der Waals surface area contributed by atoms with Gasteiger partial charge in [0.15, 0.2) is 5.78 Å². The number of benzene rings is 4. The van der Waals surface area contributed by atoms with Crippen molar-refractivity contribution in [1.82, 2.24) is 9.80 Å². The van der Waals surface area contributed by atoms with E-state index in [1.165, 1.54) is 13.8 Å². The second-order valence-electron chi connectivity index (χ2n) is 11.3. The largest absolute Gasteiger partial charge is 1.00 e. The van der Waals surface area contributed by atoms with E-state index in [0.29, 0.717) is 56.7 Å². The molecule has 4 rings (SSSR count). The smallest absolute Gasteiger partial charge is 1.00 e. The molecule has 273 valence electrons. The number of hydrogen-bond acceptors (Lipinski definition) is 7. The van der Waals surface area contributed by atoms with E-state index in [2.05, 4.69) is 10.6 Å². The Morgan fingerprint density at radius 1 is 0.692 bits per heavy atom. The molecule has 0 aliphatic carbocycles. The third kappa shape index (κ3) is 18.1. The fourth-order valence-corrected chi connectivity index (χ4v) is 5.61. The molecule has 0 aliphatic heterocycles. The zero-order valence-corrected chi connectivity index (χ0v) is 35.1. The second-order valence-corrected chi connectivity index (χ2v) is 13.0. The monoisotopic (exact) mass is 797 g/mol. The van der Waals surface area contributed by atoms with Crippen LogP contribution in [0.25, 0.3) is 0 Å². The van der Waals surface area contributed by atoms with Crippen LogP contribution in [0.15, 0.2) is 84.9 Å². The molecule has 9 nitrogen and oxygen atoms in total. The molecule has 15 heteroatoms. The molecule has 0 heterocycles. The zero-order valence-electron chi connectivity index (χ0n) is 31.1. The van der Waals surface area contributed by atoms with Gasteiger partial charge < -0.3 is 22.3 Å². The fourth-order valence-electron chi connectivity index (χ4n) is 4.67. The molecule has 4 aromatic carbocycles. The maximum atomic E-state index is 12.3. The summed E-state index contributed by atoms with van der Waals surface area (Å²) in [5.74, 6) is -0.270. The molecule has 52 heavy (non-hydrogen) atoms. The topological polar surface area (TPSA) is 122 Å². The van der Waals surface area contributed by atoms with Gasteiger partial charge in [0, 0.05) is 86.0 Å². The SMILES string of the molecule is CC(=O)Nc1ccc(C(=O)CN(C)Cc2ccc(Cl)cc2Cl)cc1.CC(=O)Nc1ccc(C(O)CN(C)Cc2ccc(Cl)cc2Cl)cc1.CO.[B].[H-].[Na+]. The summed E-state index contributed by atoms with van der Waals surface area (Å²) in [6.45, 7) is 4.77. The van der Waals surface area contributed by atoms with Gasteiger partial charge in [-0.15, -0.1) is 0 Å². The number of likely N-dealkylation sites (N-methyl/N-ethyl adjacent to an activating group) is 2. The Balaban J connectivity index is 0. The molecular weight excluding hydrogens is 756 g/mol. The Bertz CT molecular complexity index is 1730. The zero-order chi connectivity index (χ0) is 37.4. The van der Waals surface area contributed by atoms with E-state index in [9.17, 15) is 19.5 Å². The van der Waals surface area contributed by atoms with Gasteiger partial charge in [0.2, 0.25) is 11.8 Å². The van der Waals surface area contributed by atoms with Gasteiger partial charge in [-0.2, -0.15) is 0 Å². The van der Waals surface area contributed by atoms with Gasteiger partial charge in [-0.1, -0.05) is 70.7 Å². The van der Waals surface area contributed by atoms with Crippen molar-refractivity contribution in [3.8, 4) is 0 Å². The van der Waals surface area contributed by atoms with Crippen molar-refractivity contribution >= 4 is 83.8 Å². The van der Waals surface area contributed by atoms with Crippen LogP contribution in [-0.4, -0.2) is 80.3 Å². The summed E-state index contributed by atoms with van der Waals surface area (Å²) in [4.78, 5) is 38.2. The number of carbonyl (C=O) groups is 3. The minimum absolute atomic E-state index is 0. The summed E-state index contributed by atoms with van der Waals surface area (Å²) in [7, 11) is 4.77. The van der Waals surface area contributed by atoms with Crippen LogP contribution < -0.4 is 40.2 Å². The molecule has 1 unspecified atom stereocenters. The molecule has 0 spiro atoms. The number of anilines is 2. The van der Waals surface area contributed by atoms with Crippen LogP contribution in [0.1, 0.15) is 48.4 Å². The average Bonchev–Trinajstić information content (AvgIpc) is 3.05. The van der Waals surface area contributed by atoms with Crippen LogP contribution in [0, 0.1) is 0 Å². The normalized spacial score (nSPS) is 10.7. The molecule has 4 N–H and O–H groups in total. The first-order chi connectivity index (χ1) is 23.7. The van der Waals surface area contributed by atoms with Crippen LogP contribution in [0.5, 0.6) is 0 Å². The molecule has 0 aromatic heterocycles. The van der Waals surface area contributed by atoms with Gasteiger partial charge in [-0.25, -0.2) is 0 Å². The van der Waals surface area contributed by atoms with Gasteiger partial charge in [0.05, 0.1) is 12.6 Å². The number of nitrogens with one attached hydrogen (secondary N) is 2. The summed E-state index contributed by atoms with van der Waals surface area (Å²) in [5.41, 5.74) is 4.63. The first kappa shape index (κ1) is 49.6. The first-order valence-electron chi connectivity index (χ1n) is 15.4. The van der Waals surface area contributed by atoms with Crippen molar-refractivity contribution in [2.75, 3.05) is 44.9 Å². The number of Topliss-reactive ketones (excluding diaryl/α,β-unsaturated/α-hetero) is 1. The third-order valence-corrected chi connectivity index (χ3v) is 8.13. The maximum Gasteiger partial charge on any atom is 1.00 e. The van der Waals surface area contributed by atoms with Gasteiger partial charge >= 0.3 is 29.6 Å². The predicted molar refractivity (Wildman–Crippen MR) is 211 cm³/mol. The number of carbonyl (C=O) groups excluding carboxylic acids is 3. The Morgan fingerprint density at radius 3 is 1.50 bits per heavy atom. The van der Waals surface area contributed by atoms with E-state index in [0.717, 1.165) is 23.8 Å². The number of aliphatic hydroxyl groups excluding tert-OH is 2. The Kier molecular flexibility index (Phi) is 24.3. The fraction of sp³-hybridized carbons (Fsp3) is 0.270. The van der Waals surface area contributed by atoms with Crippen LogP contribution in [0.2, 0.25) is 20.1 Å². The summed E-state index contributed by atoms with van der Waals surface area (Å²) < 4.78 is 0. The molecule has 0 saturated carbocycles. The van der Waals surface area contributed by atoms with Crippen molar-refractivity contribution in [2.45, 2.75) is 33.0 Å². The van der Waals surface area contributed by atoms with Gasteiger partial charge in [0.1, 0.15) is 0 Å². The number of halogens is 4. The standard InChI is InChI=1S/C18H20Cl2N2O2.C18H18Cl2N2O2.CH4O.B.Na.H/c2*1-12(23)21-16-7-4-13(5-8-16)18(24)11-22(2)10-14-3-6-15(19)9-17(14)20;1-2;;;/h3-9,18,24H,10-11H2,1-2H3,(H,21,23);3-9H,10-11H2,1-2H3,(H,21,23);2H,1H3;;;/q;;;;+1;-1. The maximum absolute atomic E-state index is 12.3. The Hall–Kier alpha value is -2.45. The molecule has 0 bridgehead atoms. The van der Waals surface area contributed by atoms with Crippen LogP contribution in [0.3, 0.4) is 0 Å². The predicted octanol–water partition coefficient (Wildman–Crippen LogP) is 4.73. The molecule has 1 atom stereocenters. The van der Waals surface area contributed by atoms with E-state index in [1.807, 2.05) is 36.0 Å². The van der Waals surface area contributed by atoms with E-state index in [1.54, 1.807) is 72.8 Å². The minimum atomic E-state index is -0.632. The van der Waals surface area contributed by atoms with Crippen molar-refractivity contribution in [3.63, 3.8) is 0 Å². The summed E-state index contributed by atoms with van der Waals surface area (Å²) in [6, 6.07) is 24.7. The van der Waals surface area contributed by atoms with Crippen molar-refractivity contribution in [3.05, 3.63) is 127 Å². The van der Waals surface area contributed by atoms with Crippen molar-refractivity contribution in [1.29, 1.82) is 0 Å². The van der Waals surface area contributed by atoms with Crippen LogP contribution in [0.4, 0.5) is 11.4 Å². The number of ketones is 1. The van der Waals surface area contributed by atoms with E-state index < -0.39 is 6.10 Å². The Morgan fingerprint density at radius 2 is 1.10 bits per heavy atom. The van der Waals surface area contributed by atoms with Gasteiger partial charge in [-0.3, -0.25) is 24.2 Å². The molecule has 4 aromatic rings. The number of amides is 2. The van der Waals surface area contributed by atoms with E-state index in [-0.39, 0.29) is 63.5 Å². The summed E-state index contributed by atoms with van der Waals surface area (Å²) in [6.07, 6.45) is -0.632. The number of nitrogens with zero attached hydrogens (tertiary/aromatic N) is 2. The molecule has 2 amide bonds. The second kappa shape index (κ2) is 25.6. The van der Waals surface area contributed by atoms with Crippen LogP contribution >= 0.6 is 46.4 Å². The van der Waals surface area contributed by atoms with E-state index in [4.69, 9.17) is 51.5 Å². The average molecular weight is 799 g/mol. The van der Waals surface area contributed by atoms with Crippen molar-refractivity contribution in [2.24, 2.45) is 0 Å². The molecule has 0 fully saturated rings. The molecular formula is C37H43BCl4N4NaO5. The van der Waals surface area contributed by atoms with Gasteiger partial charge in [-0.05, 0) is 91.4 Å². The van der Waals surface area contributed by atoms with Crippen LogP contribution in [-0.2, 0) is 22.7 Å². The molecule has 0 saturated heterocycles. The number of rotatable bonds is 12. The Labute approximate surface area is 351 Å². The van der Waals surface area contributed by atoms with Gasteiger partial charge in [0.25, 0.3) is 0 Å². The first-order valence-corrected chi connectivity index (χ1v) is 16.9. The molecule has 0 aliphatic rings. The summed E-state index contributed by atoms with van der Waals surface area (Å²) >= 11 is 24.1. The number of hydrogen-bond donors (Lipinski definition) is 4.